The minimum Gasteiger partial charge on any atom is -0.391 e. The van der Waals surface area contributed by atoms with E-state index >= 15 is 0 Å². The molecule has 4 nitrogen and oxygen atoms in total. The zero-order chi connectivity index (χ0) is 11.4. The maximum atomic E-state index is 11.1. The molecule has 0 aliphatic rings. The molecule has 14 heavy (non-hydrogen) atoms. The molecule has 0 saturated heterocycles. The van der Waals surface area contributed by atoms with Gasteiger partial charge in [0.25, 0.3) is 0 Å². The molecule has 2 N–H and O–H groups in total. The van der Waals surface area contributed by atoms with Crippen LogP contribution in [0.4, 0.5) is 0 Å². The second kappa shape index (κ2) is 5.09. The van der Waals surface area contributed by atoms with Gasteiger partial charge in [0.05, 0.1) is 11.9 Å². The van der Waals surface area contributed by atoms with Crippen molar-refractivity contribution in [3.63, 3.8) is 0 Å². The first-order valence-electron chi connectivity index (χ1n) is 4.80. The summed E-state index contributed by atoms with van der Waals surface area (Å²) in [5, 5.41) is 12.5. The van der Waals surface area contributed by atoms with Gasteiger partial charge in [0, 0.05) is 17.8 Å². The van der Waals surface area contributed by atoms with Gasteiger partial charge in [-0.3, -0.25) is 0 Å². The van der Waals surface area contributed by atoms with E-state index < -0.39 is 15.9 Å². The fraction of sp³-hybridized carbons (Fsp3) is 1.00. The molecule has 0 aromatic rings. The SMILES string of the molecule is CCS(=O)(=O)CC(O)CNC(C)(C)C. The molecule has 0 amide bonds. The lowest BCUT2D eigenvalue weighted by Gasteiger charge is -2.22. The highest BCUT2D eigenvalue weighted by molar-refractivity contribution is 7.91. The summed E-state index contributed by atoms with van der Waals surface area (Å²) >= 11 is 0. The van der Waals surface area contributed by atoms with E-state index in [9.17, 15) is 13.5 Å². The van der Waals surface area contributed by atoms with Crippen LogP contribution in [0, 0.1) is 0 Å². The molecule has 0 bridgehead atoms. The largest absolute Gasteiger partial charge is 0.391 e. The summed E-state index contributed by atoms with van der Waals surface area (Å²) in [6.45, 7) is 7.79. The zero-order valence-corrected chi connectivity index (χ0v) is 10.2. The lowest BCUT2D eigenvalue weighted by molar-refractivity contribution is 0.181. The van der Waals surface area contributed by atoms with Crippen molar-refractivity contribution in [1.82, 2.24) is 5.32 Å². The van der Waals surface area contributed by atoms with E-state index in [-0.39, 0.29) is 17.0 Å². The third kappa shape index (κ3) is 7.29. The van der Waals surface area contributed by atoms with Gasteiger partial charge in [-0.15, -0.1) is 0 Å². The number of hydrogen-bond acceptors (Lipinski definition) is 4. The molecule has 0 aromatic heterocycles. The van der Waals surface area contributed by atoms with E-state index in [0.29, 0.717) is 6.54 Å². The maximum absolute atomic E-state index is 11.1. The van der Waals surface area contributed by atoms with E-state index in [4.69, 9.17) is 0 Å². The van der Waals surface area contributed by atoms with E-state index in [1.54, 1.807) is 6.92 Å². The Morgan fingerprint density at radius 3 is 2.21 bits per heavy atom. The van der Waals surface area contributed by atoms with Gasteiger partial charge in [0.2, 0.25) is 0 Å². The van der Waals surface area contributed by atoms with Crippen LogP contribution >= 0.6 is 0 Å². The molecule has 0 saturated carbocycles. The van der Waals surface area contributed by atoms with E-state index in [2.05, 4.69) is 5.32 Å². The van der Waals surface area contributed by atoms with Crippen LogP contribution in [0.5, 0.6) is 0 Å². The van der Waals surface area contributed by atoms with Gasteiger partial charge < -0.3 is 10.4 Å². The Morgan fingerprint density at radius 1 is 1.36 bits per heavy atom. The maximum Gasteiger partial charge on any atom is 0.152 e. The van der Waals surface area contributed by atoms with Gasteiger partial charge in [0.15, 0.2) is 9.84 Å². The number of aliphatic hydroxyl groups excluding tert-OH is 1. The van der Waals surface area contributed by atoms with Crippen molar-refractivity contribution in [2.24, 2.45) is 0 Å². The van der Waals surface area contributed by atoms with E-state index in [1.807, 2.05) is 20.8 Å². The van der Waals surface area contributed by atoms with Crippen LogP contribution in [0.15, 0.2) is 0 Å². The lowest BCUT2D eigenvalue weighted by Crippen LogP contribution is -2.42. The summed E-state index contributed by atoms with van der Waals surface area (Å²) < 4.78 is 22.3. The number of aliphatic hydroxyl groups is 1. The number of β-amino-alcohol motifs (C(OH)–C–C–N with tert-alkyl or cyclic N) is 1. The number of rotatable bonds is 5. The third-order valence-corrected chi connectivity index (χ3v) is 3.53. The van der Waals surface area contributed by atoms with Crippen LogP contribution in [0.25, 0.3) is 0 Å². The summed E-state index contributed by atoms with van der Waals surface area (Å²) in [5.74, 6) is -0.0772. The van der Waals surface area contributed by atoms with Crippen molar-refractivity contribution >= 4 is 9.84 Å². The highest BCUT2D eigenvalue weighted by atomic mass is 32.2. The van der Waals surface area contributed by atoms with Crippen molar-refractivity contribution in [1.29, 1.82) is 0 Å². The Kier molecular flexibility index (Phi) is 5.05. The monoisotopic (exact) mass is 223 g/mol. The Hall–Kier alpha value is -0.130. The molecule has 0 aromatic carbocycles. The van der Waals surface area contributed by atoms with Crippen molar-refractivity contribution in [3.05, 3.63) is 0 Å². The molecule has 86 valence electrons. The Bertz CT molecular complexity index is 254. The summed E-state index contributed by atoms with van der Waals surface area (Å²) in [4.78, 5) is 0. The summed E-state index contributed by atoms with van der Waals surface area (Å²) in [6.07, 6.45) is -0.820. The van der Waals surface area contributed by atoms with Crippen molar-refractivity contribution in [3.8, 4) is 0 Å². The normalized spacial score (nSPS) is 15.5. The van der Waals surface area contributed by atoms with Crippen LogP contribution in [0.2, 0.25) is 0 Å². The molecule has 0 heterocycles. The molecule has 0 radical (unpaired) electrons. The summed E-state index contributed by atoms with van der Waals surface area (Å²) in [6, 6.07) is 0. The predicted molar refractivity (Wildman–Crippen MR) is 58.1 cm³/mol. The smallest absolute Gasteiger partial charge is 0.152 e. The van der Waals surface area contributed by atoms with Gasteiger partial charge in [0.1, 0.15) is 0 Å². The van der Waals surface area contributed by atoms with E-state index in [0.717, 1.165) is 0 Å². The first-order chi connectivity index (χ1) is 6.16. The Morgan fingerprint density at radius 2 is 1.86 bits per heavy atom. The molecule has 5 heteroatoms. The number of sulfone groups is 1. The molecule has 1 unspecified atom stereocenters. The highest BCUT2D eigenvalue weighted by Gasteiger charge is 2.17. The first-order valence-corrected chi connectivity index (χ1v) is 6.62. The van der Waals surface area contributed by atoms with Gasteiger partial charge >= 0.3 is 0 Å². The molecule has 0 rings (SSSR count). The standard InChI is InChI=1S/C9H21NO3S/c1-5-14(12,13)7-8(11)6-10-9(2,3)4/h8,10-11H,5-7H2,1-4H3. The zero-order valence-electron chi connectivity index (χ0n) is 9.37. The quantitative estimate of drug-likeness (QED) is 0.697. The first kappa shape index (κ1) is 13.9. The van der Waals surface area contributed by atoms with E-state index in [1.165, 1.54) is 0 Å². The van der Waals surface area contributed by atoms with Crippen LogP contribution in [-0.4, -0.2) is 43.2 Å². The van der Waals surface area contributed by atoms with Crippen molar-refractivity contribution in [2.75, 3.05) is 18.1 Å². The van der Waals surface area contributed by atoms with Crippen LogP contribution in [0.3, 0.4) is 0 Å². The molecule has 1 atom stereocenters. The van der Waals surface area contributed by atoms with Crippen LogP contribution in [-0.2, 0) is 9.84 Å². The molecule has 0 aliphatic carbocycles. The van der Waals surface area contributed by atoms with Crippen molar-refractivity contribution < 1.29 is 13.5 Å². The van der Waals surface area contributed by atoms with Gasteiger partial charge in [-0.05, 0) is 20.8 Å². The fourth-order valence-electron chi connectivity index (χ4n) is 0.894. The number of hydrogen-bond donors (Lipinski definition) is 2. The third-order valence-electron chi connectivity index (χ3n) is 1.75. The highest BCUT2D eigenvalue weighted by Crippen LogP contribution is 2.00. The summed E-state index contributed by atoms with van der Waals surface area (Å²) in [7, 11) is -3.08. The average Bonchev–Trinajstić information content (AvgIpc) is 1.99. The minimum atomic E-state index is -3.08. The van der Waals surface area contributed by atoms with Crippen LogP contribution < -0.4 is 5.32 Å². The molecular formula is C9H21NO3S. The predicted octanol–water partition coefficient (Wildman–Crippen LogP) is 0.170. The second-order valence-corrected chi connectivity index (χ2v) is 6.88. The summed E-state index contributed by atoms with van der Waals surface area (Å²) in [5.41, 5.74) is -0.100. The van der Waals surface area contributed by atoms with Gasteiger partial charge in [-0.1, -0.05) is 6.92 Å². The lowest BCUT2D eigenvalue weighted by atomic mass is 10.1. The average molecular weight is 223 g/mol. The van der Waals surface area contributed by atoms with Crippen LogP contribution in [0.1, 0.15) is 27.7 Å². The topological polar surface area (TPSA) is 66.4 Å². The molecule has 0 aliphatic heterocycles. The van der Waals surface area contributed by atoms with Gasteiger partial charge in [-0.25, -0.2) is 8.42 Å². The fourth-order valence-corrected chi connectivity index (χ4v) is 1.83. The Labute approximate surface area is 86.6 Å². The molecular weight excluding hydrogens is 202 g/mol. The number of nitrogens with one attached hydrogen (secondary N) is 1. The van der Waals surface area contributed by atoms with Crippen molar-refractivity contribution in [2.45, 2.75) is 39.3 Å². The molecule has 0 spiro atoms. The second-order valence-electron chi connectivity index (χ2n) is 4.48. The Balaban J connectivity index is 3.95. The molecule has 0 fully saturated rings. The minimum absolute atomic E-state index is 0.0829. The van der Waals surface area contributed by atoms with Gasteiger partial charge in [-0.2, -0.15) is 0 Å².